The summed E-state index contributed by atoms with van der Waals surface area (Å²) in [6.45, 7) is 2.62. The molecule has 0 aromatic heterocycles. The van der Waals surface area contributed by atoms with Crippen molar-refractivity contribution in [1.82, 2.24) is 5.32 Å². The molecule has 0 spiro atoms. The smallest absolute Gasteiger partial charge is 0.142 e. The average molecular weight is 280 g/mol. The number of hydrogen-bond acceptors (Lipinski definition) is 2. The molecule has 1 rings (SSSR count). The molecule has 0 saturated carbocycles. The number of benzene rings is 1. The Morgan fingerprint density at radius 3 is 2.88 bits per heavy atom. The minimum Gasteiger partial charge on any atom is -0.380 e. The molecule has 2 nitrogen and oxygen atoms in total. The first-order valence-corrected chi connectivity index (χ1v) is 6.44. The van der Waals surface area contributed by atoms with E-state index >= 15 is 0 Å². The van der Waals surface area contributed by atoms with Gasteiger partial charge >= 0.3 is 0 Å². The summed E-state index contributed by atoms with van der Waals surface area (Å²) in [6.07, 6.45) is 0.893. The number of halogens is 3. The van der Waals surface area contributed by atoms with Crippen molar-refractivity contribution in [3.8, 4) is 0 Å². The fourth-order valence-corrected chi connectivity index (χ4v) is 1.67. The van der Waals surface area contributed by atoms with Crippen LogP contribution in [0.5, 0.6) is 0 Å². The second-order valence-electron chi connectivity index (χ2n) is 3.54. The van der Waals surface area contributed by atoms with Gasteiger partial charge in [-0.25, -0.2) is 4.39 Å². The predicted octanol–water partition coefficient (Wildman–Crippen LogP) is 3.21. The topological polar surface area (TPSA) is 21.3 Å². The molecular formula is C12H16Cl2FNO. The summed E-state index contributed by atoms with van der Waals surface area (Å²) >= 11 is 11.3. The zero-order valence-corrected chi connectivity index (χ0v) is 11.0. The second-order valence-corrected chi connectivity index (χ2v) is 4.30. The maximum atomic E-state index is 13.1. The van der Waals surface area contributed by atoms with Gasteiger partial charge in [-0.1, -0.05) is 23.7 Å². The van der Waals surface area contributed by atoms with E-state index in [4.69, 9.17) is 27.9 Å². The van der Waals surface area contributed by atoms with Crippen LogP contribution >= 0.6 is 23.2 Å². The van der Waals surface area contributed by atoms with Crippen molar-refractivity contribution < 1.29 is 9.13 Å². The molecule has 0 aliphatic heterocycles. The van der Waals surface area contributed by atoms with Gasteiger partial charge in [-0.2, -0.15) is 0 Å². The standard InChI is InChI=1S/C12H16Cl2FNO/c13-5-8-17-7-2-6-16-9-10-3-1-4-11(15)12(10)14/h1,3-4,16H,2,5-9H2. The highest BCUT2D eigenvalue weighted by Gasteiger charge is 2.04. The molecule has 1 aromatic carbocycles. The van der Waals surface area contributed by atoms with Crippen LogP contribution < -0.4 is 5.32 Å². The Morgan fingerprint density at radius 1 is 1.29 bits per heavy atom. The number of ether oxygens (including phenoxy) is 1. The monoisotopic (exact) mass is 279 g/mol. The van der Waals surface area contributed by atoms with E-state index in [0.29, 0.717) is 25.6 Å². The summed E-state index contributed by atoms with van der Waals surface area (Å²) in [6, 6.07) is 4.82. The Labute approximate surface area is 111 Å². The van der Waals surface area contributed by atoms with Crippen molar-refractivity contribution in [3.05, 3.63) is 34.6 Å². The van der Waals surface area contributed by atoms with Crippen molar-refractivity contribution in [2.45, 2.75) is 13.0 Å². The van der Waals surface area contributed by atoms with Crippen LogP contribution in [-0.2, 0) is 11.3 Å². The highest BCUT2D eigenvalue weighted by Crippen LogP contribution is 2.19. The maximum Gasteiger partial charge on any atom is 0.142 e. The molecule has 0 unspecified atom stereocenters. The van der Waals surface area contributed by atoms with Crippen LogP contribution in [0.2, 0.25) is 5.02 Å². The van der Waals surface area contributed by atoms with Gasteiger partial charge in [0.25, 0.3) is 0 Å². The van der Waals surface area contributed by atoms with E-state index < -0.39 is 0 Å². The molecule has 17 heavy (non-hydrogen) atoms. The molecule has 0 atom stereocenters. The molecule has 5 heteroatoms. The van der Waals surface area contributed by atoms with Gasteiger partial charge in [-0.05, 0) is 24.6 Å². The van der Waals surface area contributed by atoms with Gasteiger partial charge in [0.05, 0.1) is 11.6 Å². The molecule has 0 bridgehead atoms. The Morgan fingerprint density at radius 2 is 2.12 bits per heavy atom. The Kier molecular flexibility index (Phi) is 7.53. The third-order valence-electron chi connectivity index (χ3n) is 2.21. The van der Waals surface area contributed by atoms with Crippen LogP contribution in [0.1, 0.15) is 12.0 Å². The molecule has 96 valence electrons. The number of hydrogen-bond donors (Lipinski definition) is 1. The second kappa shape index (κ2) is 8.70. The lowest BCUT2D eigenvalue weighted by molar-refractivity contribution is 0.146. The first kappa shape index (κ1) is 14.7. The summed E-state index contributed by atoms with van der Waals surface area (Å²) in [5, 5.41) is 3.38. The quantitative estimate of drug-likeness (QED) is 0.583. The Balaban J connectivity index is 2.16. The fraction of sp³-hybridized carbons (Fsp3) is 0.500. The lowest BCUT2D eigenvalue weighted by Gasteiger charge is -2.07. The molecule has 0 radical (unpaired) electrons. The first-order chi connectivity index (χ1) is 8.25. The largest absolute Gasteiger partial charge is 0.380 e. The van der Waals surface area contributed by atoms with Crippen molar-refractivity contribution in [3.63, 3.8) is 0 Å². The molecule has 1 aromatic rings. The number of rotatable bonds is 8. The molecule has 0 aliphatic carbocycles. The van der Waals surface area contributed by atoms with E-state index in [9.17, 15) is 4.39 Å². The summed E-state index contributed by atoms with van der Waals surface area (Å²) in [5.41, 5.74) is 0.772. The number of alkyl halides is 1. The van der Waals surface area contributed by atoms with E-state index in [0.717, 1.165) is 18.5 Å². The van der Waals surface area contributed by atoms with Gasteiger partial charge in [0, 0.05) is 19.0 Å². The van der Waals surface area contributed by atoms with Crippen LogP contribution in [0.4, 0.5) is 4.39 Å². The highest BCUT2D eigenvalue weighted by atomic mass is 35.5. The van der Waals surface area contributed by atoms with E-state index in [1.807, 2.05) is 6.07 Å². The third-order valence-corrected chi connectivity index (χ3v) is 2.79. The predicted molar refractivity (Wildman–Crippen MR) is 69.3 cm³/mol. The van der Waals surface area contributed by atoms with Crippen molar-refractivity contribution in [2.75, 3.05) is 25.6 Å². The molecule has 0 fully saturated rings. The third kappa shape index (κ3) is 5.68. The normalized spacial score (nSPS) is 10.8. The van der Waals surface area contributed by atoms with Crippen LogP contribution in [0.3, 0.4) is 0 Å². The fourth-order valence-electron chi connectivity index (χ4n) is 1.36. The molecule has 0 heterocycles. The van der Waals surface area contributed by atoms with Crippen molar-refractivity contribution in [1.29, 1.82) is 0 Å². The minimum atomic E-state index is -0.378. The summed E-state index contributed by atoms with van der Waals surface area (Å²) in [5.74, 6) is 0.142. The zero-order chi connectivity index (χ0) is 12.5. The minimum absolute atomic E-state index is 0.193. The average Bonchev–Trinajstić information content (AvgIpc) is 2.33. The van der Waals surface area contributed by atoms with Crippen LogP contribution in [0.15, 0.2) is 18.2 Å². The molecule has 1 N–H and O–H groups in total. The summed E-state index contributed by atoms with van der Waals surface area (Å²) in [4.78, 5) is 0. The molecule has 0 saturated heterocycles. The Hall–Kier alpha value is -0.350. The molecular weight excluding hydrogens is 264 g/mol. The van der Waals surface area contributed by atoms with E-state index in [2.05, 4.69) is 5.32 Å². The van der Waals surface area contributed by atoms with Gasteiger partial charge in [-0.15, -0.1) is 11.6 Å². The summed E-state index contributed by atoms with van der Waals surface area (Å²) in [7, 11) is 0. The van der Waals surface area contributed by atoms with Crippen LogP contribution in [0, 0.1) is 5.82 Å². The van der Waals surface area contributed by atoms with Gasteiger partial charge in [-0.3, -0.25) is 0 Å². The van der Waals surface area contributed by atoms with Crippen LogP contribution in [-0.4, -0.2) is 25.6 Å². The van der Waals surface area contributed by atoms with Crippen LogP contribution in [0.25, 0.3) is 0 Å². The van der Waals surface area contributed by atoms with Gasteiger partial charge in [0.2, 0.25) is 0 Å². The van der Waals surface area contributed by atoms with Gasteiger partial charge < -0.3 is 10.1 Å². The molecule has 0 amide bonds. The van der Waals surface area contributed by atoms with E-state index in [1.165, 1.54) is 6.07 Å². The molecule has 0 aliphatic rings. The summed E-state index contributed by atoms with van der Waals surface area (Å²) < 4.78 is 18.3. The van der Waals surface area contributed by atoms with E-state index in [-0.39, 0.29) is 10.8 Å². The van der Waals surface area contributed by atoms with Gasteiger partial charge in [0.15, 0.2) is 0 Å². The van der Waals surface area contributed by atoms with Gasteiger partial charge in [0.1, 0.15) is 5.82 Å². The zero-order valence-electron chi connectivity index (χ0n) is 9.52. The van der Waals surface area contributed by atoms with E-state index in [1.54, 1.807) is 6.07 Å². The van der Waals surface area contributed by atoms with Crippen molar-refractivity contribution >= 4 is 23.2 Å². The lowest BCUT2D eigenvalue weighted by Crippen LogP contribution is -2.17. The lowest BCUT2D eigenvalue weighted by atomic mass is 10.2. The SMILES string of the molecule is Fc1cccc(CNCCCOCCCl)c1Cl. The number of nitrogens with one attached hydrogen (secondary N) is 1. The maximum absolute atomic E-state index is 13.1. The first-order valence-electron chi connectivity index (χ1n) is 5.53. The van der Waals surface area contributed by atoms with Crippen molar-refractivity contribution in [2.24, 2.45) is 0 Å². The highest BCUT2D eigenvalue weighted by molar-refractivity contribution is 6.31. The Bertz CT molecular complexity index is 336.